The van der Waals surface area contributed by atoms with Crippen molar-refractivity contribution >= 4 is 19.5 Å². The zero-order valence-corrected chi connectivity index (χ0v) is 21.5. The Morgan fingerprint density at radius 2 is 2.00 bits per heavy atom. The van der Waals surface area contributed by atoms with E-state index in [2.05, 4.69) is 16.7 Å². The number of carbonyl (C=O) groups excluding carboxylic acids is 1. The van der Waals surface area contributed by atoms with E-state index in [1.807, 2.05) is 0 Å². The number of para-hydroxylation sites is 1. The zero-order valence-electron chi connectivity index (χ0n) is 20.6. The molecule has 37 heavy (non-hydrogen) atoms. The molecule has 0 radical (unpaired) electrons. The Morgan fingerprint density at radius 1 is 1.32 bits per heavy atom. The van der Waals surface area contributed by atoms with E-state index in [9.17, 15) is 24.4 Å². The Hall–Kier alpha value is -3.06. The largest absolute Gasteiger partial charge is 0.462 e. The highest BCUT2D eigenvalue weighted by Gasteiger charge is 2.55. The van der Waals surface area contributed by atoms with Crippen molar-refractivity contribution in [1.82, 2.24) is 14.6 Å². The number of nitrogens with zero attached hydrogens (tertiary/aromatic N) is 2. The van der Waals surface area contributed by atoms with Gasteiger partial charge >= 0.3 is 19.4 Å². The second-order valence-electron chi connectivity index (χ2n) is 8.66. The molecule has 1 unspecified atom stereocenters. The lowest BCUT2D eigenvalue weighted by atomic mass is 9.96. The van der Waals surface area contributed by atoms with Crippen LogP contribution in [0, 0.1) is 0 Å². The lowest BCUT2D eigenvalue weighted by molar-refractivity contribution is -0.149. The molecule has 5 N–H and O–H groups in total. The number of nitrogens with two attached hydrogens (primary N) is 1. The molecule has 3 rings (SSSR count). The van der Waals surface area contributed by atoms with Crippen molar-refractivity contribution in [2.24, 2.45) is 0 Å². The van der Waals surface area contributed by atoms with Gasteiger partial charge in [0.05, 0.1) is 12.7 Å². The van der Waals surface area contributed by atoms with Gasteiger partial charge in [-0.2, -0.15) is 10.1 Å². The fraction of sp³-hybridized carbons (Fsp3) is 0.435. The molecule has 0 aliphatic carbocycles. The third-order valence-corrected chi connectivity index (χ3v) is 7.04. The number of carbonyl (C=O) groups is 1. The van der Waals surface area contributed by atoms with Gasteiger partial charge in [-0.25, -0.2) is 9.36 Å². The molecule has 0 spiro atoms. The molecule has 2 aromatic rings. The average Bonchev–Trinajstić information content (AvgIpc) is 3.08. The summed E-state index contributed by atoms with van der Waals surface area (Å²) >= 11 is 0. The van der Waals surface area contributed by atoms with E-state index in [-0.39, 0.29) is 11.6 Å². The van der Waals surface area contributed by atoms with Crippen LogP contribution in [0.15, 0.2) is 60.0 Å². The van der Waals surface area contributed by atoms with Crippen molar-refractivity contribution in [3.8, 4) is 5.75 Å². The summed E-state index contributed by atoms with van der Waals surface area (Å²) in [6, 6.07) is 8.27. The van der Waals surface area contributed by atoms with Crippen molar-refractivity contribution in [1.29, 1.82) is 0 Å². The number of aliphatic hydroxyl groups excluding tert-OH is 2. The van der Waals surface area contributed by atoms with Crippen molar-refractivity contribution in [2.45, 2.75) is 57.0 Å². The van der Waals surface area contributed by atoms with Crippen LogP contribution in [0.4, 0.5) is 5.82 Å². The molecule has 0 bridgehead atoms. The van der Waals surface area contributed by atoms with Crippen molar-refractivity contribution < 1.29 is 38.1 Å². The minimum Gasteiger partial charge on any atom is -0.462 e. The Bertz CT molecular complexity index is 1210. The third-order valence-electron chi connectivity index (χ3n) is 5.41. The monoisotopic (exact) mass is 538 g/mol. The maximum absolute atomic E-state index is 13.8. The number of hydrogen-bond donors (Lipinski definition) is 4. The van der Waals surface area contributed by atoms with Gasteiger partial charge in [-0.3, -0.25) is 13.9 Å². The Morgan fingerprint density at radius 3 is 2.59 bits per heavy atom. The SMILES string of the molecule is C=C[C@]1(COP(=O)(N[C@@H](C)C(=O)OC(C)C)Oc2ccccc2)O[C@@H](n2ccc(N)nc2=O)[C@H](O)[C@@H]1O. The molecular formula is C23H31N4O9P. The fourth-order valence-electron chi connectivity index (χ4n) is 3.52. The predicted octanol–water partition coefficient (Wildman–Crippen LogP) is 1.13. The van der Waals surface area contributed by atoms with E-state index in [1.54, 1.807) is 32.0 Å². The molecule has 1 aliphatic heterocycles. The number of nitrogens with one attached hydrogen (secondary N) is 1. The van der Waals surface area contributed by atoms with Crippen LogP contribution in [0.25, 0.3) is 0 Å². The number of nitrogen functional groups attached to an aromatic ring is 1. The van der Waals surface area contributed by atoms with Crippen LogP contribution >= 0.6 is 7.75 Å². The minimum absolute atomic E-state index is 0.0391. The van der Waals surface area contributed by atoms with Crippen LogP contribution in [0.2, 0.25) is 0 Å². The van der Waals surface area contributed by atoms with E-state index in [0.29, 0.717) is 0 Å². The number of aromatic nitrogens is 2. The fourth-order valence-corrected chi connectivity index (χ4v) is 5.05. The first kappa shape index (κ1) is 28.5. The first-order valence-electron chi connectivity index (χ1n) is 11.4. The second kappa shape index (κ2) is 11.5. The molecule has 2 heterocycles. The summed E-state index contributed by atoms with van der Waals surface area (Å²) in [5.74, 6) is -0.569. The van der Waals surface area contributed by atoms with Crippen LogP contribution in [-0.4, -0.2) is 62.3 Å². The lowest BCUT2D eigenvalue weighted by Gasteiger charge is -2.31. The molecule has 0 saturated carbocycles. The van der Waals surface area contributed by atoms with E-state index < -0.39 is 62.2 Å². The number of aliphatic hydroxyl groups is 2. The number of rotatable bonds is 11. The highest BCUT2D eigenvalue weighted by Crippen LogP contribution is 2.48. The topological polar surface area (TPSA) is 184 Å². The highest BCUT2D eigenvalue weighted by molar-refractivity contribution is 7.52. The van der Waals surface area contributed by atoms with Gasteiger partial charge in [0.1, 0.15) is 35.4 Å². The molecule has 1 aromatic heterocycles. The van der Waals surface area contributed by atoms with Crippen LogP contribution in [0.3, 0.4) is 0 Å². The number of esters is 1. The van der Waals surface area contributed by atoms with E-state index in [1.165, 1.54) is 31.3 Å². The van der Waals surface area contributed by atoms with Crippen molar-refractivity contribution in [3.63, 3.8) is 0 Å². The Kier molecular flexibility index (Phi) is 8.90. The number of ether oxygens (including phenoxy) is 2. The van der Waals surface area contributed by atoms with Crippen molar-refractivity contribution in [3.05, 3.63) is 65.7 Å². The quantitative estimate of drug-likeness (QED) is 0.182. The first-order valence-corrected chi connectivity index (χ1v) is 12.9. The van der Waals surface area contributed by atoms with E-state index in [0.717, 1.165) is 10.6 Å². The molecule has 14 heteroatoms. The maximum atomic E-state index is 13.8. The maximum Gasteiger partial charge on any atom is 0.459 e. The molecule has 1 aliphatic rings. The van der Waals surface area contributed by atoms with Gasteiger partial charge in [-0.15, -0.1) is 6.58 Å². The summed E-state index contributed by atoms with van der Waals surface area (Å²) in [6.07, 6.45) is -2.68. The number of benzene rings is 1. The minimum atomic E-state index is -4.33. The molecule has 0 amide bonds. The summed E-state index contributed by atoms with van der Waals surface area (Å²) in [5, 5.41) is 24.0. The smallest absolute Gasteiger partial charge is 0.459 e. The molecule has 1 aromatic carbocycles. The van der Waals surface area contributed by atoms with Gasteiger partial charge in [0.2, 0.25) is 0 Å². The van der Waals surface area contributed by atoms with Crippen molar-refractivity contribution in [2.75, 3.05) is 12.3 Å². The van der Waals surface area contributed by atoms with Gasteiger partial charge in [0, 0.05) is 6.20 Å². The lowest BCUT2D eigenvalue weighted by Crippen LogP contribution is -2.46. The van der Waals surface area contributed by atoms with Crippen LogP contribution < -0.4 is 21.0 Å². The summed E-state index contributed by atoms with van der Waals surface area (Å²) < 4.78 is 36.9. The third kappa shape index (κ3) is 6.63. The Labute approximate surface area is 213 Å². The second-order valence-corrected chi connectivity index (χ2v) is 10.4. The predicted molar refractivity (Wildman–Crippen MR) is 132 cm³/mol. The average molecular weight is 538 g/mol. The Balaban J connectivity index is 1.86. The first-order chi connectivity index (χ1) is 17.4. The molecule has 1 fully saturated rings. The zero-order chi connectivity index (χ0) is 27.4. The molecular weight excluding hydrogens is 507 g/mol. The standard InChI is InChI=1S/C23H31N4O9P/c1-5-23(19(29)18(28)20(35-23)27-12-11-17(24)25-22(27)31)13-33-37(32,36-16-9-7-6-8-10-16)26-15(4)21(30)34-14(2)3/h5-12,14-15,18-20,28-29H,1,13H2,2-4H3,(H,26,32)(H2,24,25,31)/t15-,18+,19-,20+,23+,37?/m0/s1. The molecule has 6 atom stereocenters. The number of hydrogen-bond acceptors (Lipinski definition) is 11. The van der Waals surface area contributed by atoms with E-state index >= 15 is 0 Å². The van der Waals surface area contributed by atoms with Crippen LogP contribution in [0.1, 0.15) is 27.0 Å². The van der Waals surface area contributed by atoms with Crippen LogP contribution in [0.5, 0.6) is 5.75 Å². The highest BCUT2D eigenvalue weighted by atomic mass is 31.2. The summed E-state index contributed by atoms with van der Waals surface area (Å²) in [4.78, 5) is 28.2. The van der Waals surface area contributed by atoms with Gasteiger partial charge in [-0.1, -0.05) is 24.3 Å². The summed E-state index contributed by atoms with van der Waals surface area (Å²) in [7, 11) is -4.33. The van der Waals surface area contributed by atoms with Gasteiger partial charge in [0.25, 0.3) is 0 Å². The molecule has 1 saturated heterocycles. The molecule has 13 nitrogen and oxygen atoms in total. The summed E-state index contributed by atoms with van der Waals surface area (Å²) in [6.45, 7) is 7.74. The van der Waals surface area contributed by atoms with E-state index in [4.69, 9.17) is 24.3 Å². The van der Waals surface area contributed by atoms with Crippen LogP contribution in [-0.2, 0) is 23.4 Å². The van der Waals surface area contributed by atoms with Gasteiger partial charge < -0.3 is 29.9 Å². The molecule has 202 valence electrons. The summed E-state index contributed by atoms with van der Waals surface area (Å²) in [5.41, 5.74) is 2.86. The van der Waals surface area contributed by atoms with Gasteiger partial charge in [0.15, 0.2) is 6.23 Å². The normalized spacial score (nSPS) is 25.8. The van der Waals surface area contributed by atoms with Gasteiger partial charge in [-0.05, 0) is 39.0 Å². The number of anilines is 1.